The van der Waals surface area contributed by atoms with Gasteiger partial charge < -0.3 is 10.6 Å². The van der Waals surface area contributed by atoms with E-state index in [1.807, 2.05) is 0 Å². The van der Waals surface area contributed by atoms with Crippen LogP contribution in [0.3, 0.4) is 0 Å². The maximum Gasteiger partial charge on any atom is 0.396 e. The standard InChI is InChI=1S/C13H15F3N3O2/c14-13(15,16)12(5-9(12)11(18)21)6-10(20)19-3-1-8(7-17)2-4-19/h6,8-9H,1-5H2,(H2,18,21)/t9?,12-/m1/s1. The average Bonchev–Trinajstić information content (AvgIpc) is 3.14. The lowest BCUT2D eigenvalue weighted by Crippen LogP contribution is -2.42. The molecule has 5 nitrogen and oxygen atoms in total. The lowest BCUT2D eigenvalue weighted by molar-refractivity contribution is -0.185. The minimum absolute atomic E-state index is 0.162. The Morgan fingerprint density at radius 1 is 1.33 bits per heavy atom. The molecule has 0 aromatic heterocycles. The second kappa shape index (κ2) is 5.20. The second-order valence-corrected chi connectivity index (χ2v) is 5.57. The summed E-state index contributed by atoms with van der Waals surface area (Å²) in [6.07, 6.45) is -3.64. The molecule has 0 bridgehead atoms. The summed E-state index contributed by atoms with van der Waals surface area (Å²) in [4.78, 5) is 24.3. The van der Waals surface area contributed by atoms with Gasteiger partial charge in [0.1, 0.15) is 0 Å². The zero-order valence-corrected chi connectivity index (χ0v) is 11.2. The molecule has 2 atom stereocenters. The number of piperidine rings is 1. The van der Waals surface area contributed by atoms with Gasteiger partial charge in [-0.25, -0.2) is 0 Å². The van der Waals surface area contributed by atoms with E-state index in [0.29, 0.717) is 19.3 Å². The van der Waals surface area contributed by atoms with Crippen LogP contribution >= 0.6 is 0 Å². The number of carbonyl (C=O) groups excluding carboxylic acids is 2. The normalized spacial score (nSPS) is 29.8. The van der Waals surface area contributed by atoms with Crippen molar-refractivity contribution in [2.24, 2.45) is 23.0 Å². The molecule has 0 aromatic carbocycles. The van der Waals surface area contributed by atoms with Gasteiger partial charge in [0.2, 0.25) is 11.8 Å². The van der Waals surface area contributed by atoms with E-state index in [1.54, 1.807) is 0 Å². The summed E-state index contributed by atoms with van der Waals surface area (Å²) in [6, 6.07) is 2.08. The maximum atomic E-state index is 13.1. The largest absolute Gasteiger partial charge is 0.396 e. The minimum atomic E-state index is -4.67. The first-order chi connectivity index (χ1) is 9.71. The van der Waals surface area contributed by atoms with Crippen LogP contribution in [0.4, 0.5) is 13.2 Å². The van der Waals surface area contributed by atoms with Gasteiger partial charge in [-0.1, -0.05) is 0 Å². The van der Waals surface area contributed by atoms with Crippen molar-refractivity contribution < 1.29 is 22.8 Å². The molecule has 1 aliphatic carbocycles. The number of nitrogens with zero attached hydrogens (tertiary/aromatic N) is 2. The Bertz CT molecular complexity index is 492. The molecular weight excluding hydrogens is 287 g/mol. The zero-order chi connectivity index (χ0) is 15.8. The monoisotopic (exact) mass is 302 g/mol. The molecule has 0 aromatic rings. The van der Waals surface area contributed by atoms with Gasteiger partial charge in [-0.05, 0) is 19.3 Å². The summed E-state index contributed by atoms with van der Waals surface area (Å²) in [7, 11) is 0. The number of alkyl halides is 3. The maximum absolute atomic E-state index is 13.1. The fraction of sp³-hybridized carbons (Fsp3) is 0.692. The van der Waals surface area contributed by atoms with E-state index in [0.717, 1.165) is 0 Å². The highest BCUT2D eigenvalue weighted by Crippen LogP contribution is 2.64. The van der Waals surface area contributed by atoms with Gasteiger partial charge >= 0.3 is 6.18 Å². The van der Waals surface area contributed by atoms with Crippen LogP contribution < -0.4 is 5.73 Å². The van der Waals surface area contributed by atoms with Crippen molar-refractivity contribution in [3.8, 4) is 6.07 Å². The molecule has 1 saturated carbocycles. The summed E-state index contributed by atoms with van der Waals surface area (Å²) in [5, 5.41) is 8.75. The third-order valence-corrected chi connectivity index (χ3v) is 4.25. The van der Waals surface area contributed by atoms with E-state index in [-0.39, 0.29) is 19.0 Å². The fourth-order valence-corrected chi connectivity index (χ4v) is 2.73. The Balaban J connectivity index is 2.01. The van der Waals surface area contributed by atoms with Gasteiger partial charge in [0.25, 0.3) is 0 Å². The quantitative estimate of drug-likeness (QED) is 0.844. The van der Waals surface area contributed by atoms with Gasteiger partial charge in [0, 0.05) is 19.0 Å². The highest BCUT2D eigenvalue weighted by atomic mass is 19.4. The lowest BCUT2D eigenvalue weighted by Gasteiger charge is -2.31. The van der Waals surface area contributed by atoms with Gasteiger partial charge in [-0.15, -0.1) is 0 Å². The molecular formula is C13H15F3N3O2. The Labute approximate surface area is 119 Å². The van der Waals surface area contributed by atoms with Gasteiger partial charge in [0.15, 0.2) is 0 Å². The molecule has 1 heterocycles. The number of nitrogens with two attached hydrogens (primary N) is 1. The molecule has 2 amide bonds. The summed E-state index contributed by atoms with van der Waals surface area (Å²) >= 11 is 0. The van der Waals surface area contributed by atoms with E-state index in [9.17, 15) is 22.8 Å². The molecule has 8 heteroatoms. The van der Waals surface area contributed by atoms with Crippen molar-refractivity contribution in [1.82, 2.24) is 4.90 Å². The molecule has 0 spiro atoms. The van der Waals surface area contributed by atoms with Crippen molar-refractivity contribution in [2.75, 3.05) is 13.1 Å². The van der Waals surface area contributed by atoms with Crippen LogP contribution in [0.25, 0.3) is 0 Å². The van der Waals surface area contributed by atoms with Crippen LogP contribution in [-0.2, 0) is 9.59 Å². The van der Waals surface area contributed by atoms with E-state index in [1.165, 1.54) is 4.90 Å². The molecule has 1 unspecified atom stereocenters. The topological polar surface area (TPSA) is 87.2 Å². The number of primary amides is 1. The number of carbonyl (C=O) groups is 2. The minimum Gasteiger partial charge on any atom is -0.369 e. The molecule has 115 valence electrons. The molecule has 2 fully saturated rings. The van der Waals surface area contributed by atoms with E-state index >= 15 is 0 Å². The van der Waals surface area contributed by atoms with Crippen LogP contribution in [0.15, 0.2) is 0 Å². The molecule has 1 radical (unpaired) electrons. The summed E-state index contributed by atoms with van der Waals surface area (Å²) in [5.41, 5.74) is 2.53. The molecule has 1 aliphatic heterocycles. The van der Waals surface area contributed by atoms with Crippen molar-refractivity contribution in [3.05, 3.63) is 6.42 Å². The number of nitriles is 1. The SMILES string of the molecule is N#CC1CCN(C(=O)[CH][C@]2(C(F)(F)F)CC2C(N)=O)CC1. The van der Waals surface area contributed by atoms with Crippen LogP contribution in [0.5, 0.6) is 0 Å². The number of halogens is 3. The molecule has 2 N–H and O–H groups in total. The molecule has 2 rings (SSSR count). The summed E-state index contributed by atoms with van der Waals surface area (Å²) < 4.78 is 39.3. The zero-order valence-electron chi connectivity index (χ0n) is 11.2. The first-order valence-electron chi connectivity index (χ1n) is 6.62. The Hall–Kier alpha value is -1.78. The van der Waals surface area contributed by atoms with Crippen molar-refractivity contribution in [3.63, 3.8) is 0 Å². The Morgan fingerprint density at radius 2 is 1.90 bits per heavy atom. The Kier molecular flexibility index (Phi) is 3.87. The van der Waals surface area contributed by atoms with E-state index < -0.39 is 35.7 Å². The third-order valence-electron chi connectivity index (χ3n) is 4.25. The number of hydrogen-bond acceptors (Lipinski definition) is 3. The number of amides is 2. The first kappa shape index (κ1) is 15.6. The highest BCUT2D eigenvalue weighted by molar-refractivity contribution is 5.90. The molecule has 21 heavy (non-hydrogen) atoms. The van der Waals surface area contributed by atoms with Gasteiger partial charge in [0.05, 0.1) is 23.8 Å². The van der Waals surface area contributed by atoms with Crippen molar-refractivity contribution in [2.45, 2.75) is 25.4 Å². The number of hydrogen-bond donors (Lipinski definition) is 1. The lowest BCUT2D eigenvalue weighted by atomic mass is 9.94. The number of likely N-dealkylation sites (tertiary alicyclic amines) is 1. The second-order valence-electron chi connectivity index (χ2n) is 5.57. The van der Waals surface area contributed by atoms with E-state index in [4.69, 9.17) is 11.0 Å². The summed E-state index contributed by atoms with van der Waals surface area (Å²) in [6.45, 7) is 0.505. The van der Waals surface area contributed by atoms with Gasteiger partial charge in [-0.3, -0.25) is 9.59 Å². The van der Waals surface area contributed by atoms with Crippen molar-refractivity contribution in [1.29, 1.82) is 5.26 Å². The predicted octanol–water partition coefficient (Wildman–Crippen LogP) is 1.01. The van der Waals surface area contributed by atoms with Gasteiger partial charge in [-0.2, -0.15) is 18.4 Å². The average molecular weight is 302 g/mol. The van der Waals surface area contributed by atoms with E-state index in [2.05, 4.69) is 6.07 Å². The third kappa shape index (κ3) is 2.82. The predicted molar refractivity (Wildman–Crippen MR) is 65.0 cm³/mol. The van der Waals surface area contributed by atoms with Crippen LogP contribution in [0.2, 0.25) is 0 Å². The number of rotatable bonds is 3. The van der Waals surface area contributed by atoms with Crippen LogP contribution in [-0.4, -0.2) is 36.0 Å². The molecule has 1 saturated heterocycles. The Morgan fingerprint density at radius 3 is 2.29 bits per heavy atom. The fourth-order valence-electron chi connectivity index (χ4n) is 2.73. The van der Waals surface area contributed by atoms with Crippen molar-refractivity contribution >= 4 is 11.8 Å². The summed E-state index contributed by atoms with van der Waals surface area (Å²) in [5.74, 6) is -3.31. The smallest absolute Gasteiger partial charge is 0.369 e. The highest BCUT2D eigenvalue weighted by Gasteiger charge is 2.73. The first-order valence-corrected chi connectivity index (χ1v) is 6.62. The van der Waals surface area contributed by atoms with Crippen LogP contribution in [0.1, 0.15) is 19.3 Å². The molecule has 2 aliphatic rings. The van der Waals surface area contributed by atoms with Crippen LogP contribution in [0, 0.1) is 35.0 Å².